The van der Waals surface area contributed by atoms with Crippen molar-refractivity contribution in [3.8, 4) is 11.3 Å². The van der Waals surface area contributed by atoms with Crippen LogP contribution in [0.3, 0.4) is 0 Å². The first kappa shape index (κ1) is 16.8. The van der Waals surface area contributed by atoms with E-state index in [1.165, 1.54) is 10.9 Å². The molecule has 0 aliphatic carbocycles. The topological polar surface area (TPSA) is 92.7 Å². The standard InChI is InChI=1S/C17H14BrN5O2S/c1-23-17(14(18)10-19-23)26(24,25)22-16-9-15(20-21-16)13-7-6-11-4-2-3-5-12(11)8-13/h2-10H,1H3,(H2,20,21,22). The first-order valence-electron chi connectivity index (χ1n) is 7.69. The molecule has 7 nitrogen and oxygen atoms in total. The average molecular weight is 432 g/mol. The van der Waals surface area contributed by atoms with E-state index in [2.05, 4.69) is 35.9 Å². The lowest BCUT2D eigenvalue weighted by Crippen LogP contribution is -2.17. The Balaban J connectivity index is 1.65. The molecule has 0 bridgehead atoms. The van der Waals surface area contributed by atoms with Gasteiger partial charge < -0.3 is 0 Å². The number of H-pyrrole nitrogens is 1. The van der Waals surface area contributed by atoms with Gasteiger partial charge in [-0.15, -0.1) is 0 Å². The molecular weight excluding hydrogens is 418 g/mol. The number of aryl methyl sites for hydroxylation is 1. The molecule has 2 N–H and O–H groups in total. The normalized spacial score (nSPS) is 11.8. The minimum atomic E-state index is -3.81. The zero-order chi connectivity index (χ0) is 18.3. The van der Waals surface area contributed by atoms with Crippen molar-refractivity contribution in [2.45, 2.75) is 5.03 Å². The number of aromatic amines is 1. The summed E-state index contributed by atoms with van der Waals surface area (Å²) in [6.45, 7) is 0. The van der Waals surface area contributed by atoms with Crippen LogP contribution in [0.25, 0.3) is 22.0 Å². The number of sulfonamides is 1. The van der Waals surface area contributed by atoms with Crippen molar-refractivity contribution in [2.75, 3.05) is 4.72 Å². The SMILES string of the molecule is Cn1ncc(Br)c1S(=O)(=O)Nc1cc(-c2ccc3ccccc3c2)[nH]n1. The molecule has 4 rings (SSSR count). The second-order valence-corrected chi connectivity index (χ2v) is 8.21. The van der Waals surface area contributed by atoms with Crippen LogP contribution in [0.2, 0.25) is 0 Å². The van der Waals surface area contributed by atoms with E-state index < -0.39 is 10.0 Å². The Hall–Kier alpha value is -2.65. The second-order valence-electron chi connectivity index (χ2n) is 5.76. The van der Waals surface area contributed by atoms with E-state index in [0.29, 0.717) is 4.47 Å². The molecular formula is C17H14BrN5O2S. The largest absolute Gasteiger partial charge is 0.281 e. The lowest BCUT2D eigenvalue weighted by atomic mass is 10.1. The minimum absolute atomic E-state index is 0.0350. The molecule has 0 spiro atoms. The molecule has 2 aromatic carbocycles. The summed E-state index contributed by atoms with van der Waals surface area (Å²) in [7, 11) is -2.25. The summed E-state index contributed by atoms with van der Waals surface area (Å²) in [6, 6.07) is 15.7. The van der Waals surface area contributed by atoms with Crippen LogP contribution in [-0.4, -0.2) is 28.4 Å². The summed E-state index contributed by atoms with van der Waals surface area (Å²) in [4.78, 5) is 0. The molecule has 0 fully saturated rings. The van der Waals surface area contributed by atoms with Crippen molar-refractivity contribution in [3.05, 3.63) is 59.2 Å². The Morgan fingerprint density at radius 1 is 1.12 bits per heavy atom. The molecule has 4 aromatic rings. The fraction of sp³-hybridized carbons (Fsp3) is 0.0588. The van der Waals surface area contributed by atoms with Crippen LogP contribution in [0, 0.1) is 0 Å². The van der Waals surface area contributed by atoms with Gasteiger partial charge in [-0.05, 0) is 32.8 Å². The van der Waals surface area contributed by atoms with E-state index in [1.54, 1.807) is 13.1 Å². The number of benzene rings is 2. The summed E-state index contributed by atoms with van der Waals surface area (Å²) >= 11 is 3.20. The second kappa shape index (κ2) is 6.26. The predicted octanol–water partition coefficient (Wildman–Crippen LogP) is 3.53. The molecule has 0 aliphatic heterocycles. The third-order valence-corrected chi connectivity index (χ3v) is 6.29. The number of anilines is 1. The third kappa shape index (κ3) is 2.99. The highest BCUT2D eigenvalue weighted by molar-refractivity contribution is 9.10. The Bertz CT molecular complexity index is 1190. The van der Waals surface area contributed by atoms with E-state index >= 15 is 0 Å². The first-order chi connectivity index (χ1) is 12.4. The van der Waals surface area contributed by atoms with Crippen molar-refractivity contribution in [1.82, 2.24) is 20.0 Å². The van der Waals surface area contributed by atoms with E-state index in [9.17, 15) is 8.42 Å². The zero-order valence-corrected chi connectivity index (χ0v) is 16.0. The van der Waals surface area contributed by atoms with Gasteiger partial charge in [-0.3, -0.25) is 14.5 Å². The first-order valence-corrected chi connectivity index (χ1v) is 9.96. The van der Waals surface area contributed by atoms with E-state index in [4.69, 9.17) is 0 Å². The highest BCUT2D eigenvalue weighted by Crippen LogP contribution is 2.26. The third-order valence-electron chi connectivity index (χ3n) is 3.97. The Morgan fingerprint density at radius 3 is 2.62 bits per heavy atom. The van der Waals surface area contributed by atoms with Gasteiger partial charge in [0.1, 0.15) is 0 Å². The van der Waals surface area contributed by atoms with Crippen LogP contribution in [0.5, 0.6) is 0 Å². The van der Waals surface area contributed by atoms with E-state index in [1.807, 2.05) is 42.5 Å². The van der Waals surface area contributed by atoms with Gasteiger partial charge in [0.05, 0.1) is 16.4 Å². The molecule has 132 valence electrons. The maximum Gasteiger partial charge on any atom is 0.281 e. The van der Waals surface area contributed by atoms with Gasteiger partial charge in [0.15, 0.2) is 10.8 Å². The maximum atomic E-state index is 12.6. The number of nitrogens with one attached hydrogen (secondary N) is 2. The molecule has 0 saturated heterocycles. The van der Waals surface area contributed by atoms with Gasteiger partial charge in [-0.1, -0.05) is 36.4 Å². The number of nitrogens with zero attached hydrogens (tertiary/aromatic N) is 3. The summed E-state index contributed by atoms with van der Waals surface area (Å²) in [5.74, 6) is 0.209. The van der Waals surface area contributed by atoms with Gasteiger partial charge in [0.2, 0.25) is 0 Å². The fourth-order valence-corrected chi connectivity index (χ4v) is 4.94. The molecule has 0 aliphatic rings. The summed E-state index contributed by atoms with van der Waals surface area (Å²) in [5, 5.41) is 13.1. The van der Waals surface area contributed by atoms with Crippen LogP contribution in [0.15, 0.2) is 64.2 Å². The molecule has 0 amide bonds. The Morgan fingerprint density at radius 2 is 1.88 bits per heavy atom. The van der Waals surface area contributed by atoms with Crippen LogP contribution in [0.4, 0.5) is 5.82 Å². The smallest absolute Gasteiger partial charge is 0.276 e. The highest BCUT2D eigenvalue weighted by Gasteiger charge is 2.23. The number of hydrogen-bond donors (Lipinski definition) is 2. The summed E-state index contributed by atoms with van der Waals surface area (Å²) < 4.78 is 29.3. The van der Waals surface area contributed by atoms with Crippen LogP contribution in [-0.2, 0) is 17.1 Å². The molecule has 2 aromatic heterocycles. The molecule has 0 unspecified atom stereocenters. The predicted molar refractivity (Wildman–Crippen MR) is 103 cm³/mol. The average Bonchev–Trinajstić information content (AvgIpc) is 3.20. The van der Waals surface area contributed by atoms with Gasteiger partial charge in [-0.25, -0.2) is 0 Å². The van der Waals surface area contributed by atoms with Gasteiger partial charge in [0.25, 0.3) is 10.0 Å². The lowest BCUT2D eigenvalue weighted by molar-refractivity contribution is 0.581. The van der Waals surface area contributed by atoms with E-state index in [-0.39, 0.29) is 10.8 Å². The lowest BCUT2D eigenvalue weighted by Gasteiger charge is -2.05. The zero-order valence-electron chi connectivity index (χ0n) is 13.6. The quantitative estimate of drug-likeness (QED) is 0.516. The molecule has 0 saturated carbocycles. The van der Waals surface area contributed by atoms with E-state index in [0.717, 1.165) is 22.0 Å². The molecule has 26 heavy (non-hydrogen) atoms. The monoisotopic (exact) mass is 431 g/mol. The summed E-state index contributed by atoms with van der Waals surface area (Å²) in [5.41, 5.74) is 1.64. The van der Waals surface area contributed by atoms with Crippen molar-refractivity contribution in [1.29, 1.82) is 0 Å². The van der Waals surface area contributed by atoms with Crippen molar-refractivity contribution >= 4 is 42.5 Å². The van der Waals surface area contributed by atoms with Crippen molar-refractivity contribution in [2.24, 2.45) is 7.05 Å². The number of halogens is 1. The van der Waals surface area contributed by atoms with Crippen molar-refractivity contribution < 1.29 is 8.42 Å². The van der Waals surface area contributed by atoms with Gasteiger partial charge in [-0.2, -0.15) is 18.6 Å². The summed E-state index contributed by atoms with van der Waals surface area (Å²) in [6.07, 6.45) is 1.43. The number of hydrogen-bond acceptors (Lipinski definition) is 4. The maximum absolute atomic E-state index is 12.6. The minimum Gasteiger partial charge on any atom is -0.276 e. The van der Waals surface area contributed by atoms with Crippen molar-refractivity contribution in [3.63, 3.8) is 0 Å². The highest BCUT2D eigenvalue weighted by atomic mass is 79.9. The molecule has 0 atom stereocenters. The molecule has 0 radical (unpaired) electrons. The Labute approximate surface area is 158 Å². The van der Waals surface area contributed by atoms with Gasteiger partial charge >= 0.3 is 0 Å². The van der Waals surface area contributed by atoms with Gasteiger partial charge in [0, 0.05) is 18.7 Å². The van der Waals surface area contributed by atoms with Crippen LogP contribution < -0.4 is 4.72 Å². The number of fused-ring (bicyclic) bond motifs is 1. The Kier molecular flexibility index (Phi) is 4.04. The molecule has 2 heterocycles. The van der Waals surface area contributed by atoms with Crippen LogP contribution in [0.1, 0.15) is 0 Å². The van der Waals surface area contributed by atoms with Crippen LogP contribution >= 0.6 is 15.9 Å². The number of aromatic nitrogens is 4. The number of rotatable bonds is 4. The molecule has 9 heteroatoms. The fourth-order valence-electron chi connectivity index (χ4n) is 2.77.